The van der Waals surface area contributed by atoms with Gasteiger partial charge in [0.15, 0.2) is 0 Å². The maximum atomic E-state index is 12.8. The third-order valence-electron chi connectivity index (χ3n) is 5.23. The van der Waals surface area contributed by atoms with E-state index in [0.717, 1.165) is 25.7 Å². The molecule has 0 heterocycles. The average molecular weight is 497 g/mol. The summed E-state index contributed by atoms with van der Waals surface area (Å²) in [6.07, 6.45) is 4.33. The summed E-state index contributed by atoms with van der Waals surface area (Å²) in [4.78, 5) is 12.9. The summed E-state index contributed by atoms with van der Waals surface area (Å²) in [5, 5.41) is 2.81. The van der Waals surface area contributed by atoms with Gasteiger partial charge in [0.2, 0.25) is 0 Å². The predicted octanol–water partition coefficient (Wildman–Crippen LogP) is 6.10. The molecule has 35 heavy (non-hydrogen) atoms. The fourth-order valence-corrected chi connectivity index (χ4v) is 4.47. The molecule has 0 radical (unpaired) electrons. The summed E-state index contributed by atoms with van der Waals surface area (Å²) in [6, 6.07) is 19.8. The average Bonchev–Trinajstić information content (AvgIpc) is 2.86. The first kappa shape index (κ1) is 26.1. The maximum Gasteiger partial charge on any atom is 0.261 e. The van der Waals surface area contributed by atoms with Crippen molar-refractivity contribution in [3.05, 3.63) is 78.4 Å². The lowest BCUT2D eigenvalue weighted by atomic mass is 10.1. The summed E-state index contributed by atoms with van der Waals surface area (Å²) < 4.78 is 39.2. The lowest BCUT2D eigenvalue weighted by molar-refractivity contribution is 0.102. The van der Waals surface area contributed by atoms with E-state index >= 15 is 0 Å². The first-order chi connectivity index (χ1) is 16.9. The zero-order valence-electron chi connectivity index (χ0n) is 20.1. The molecule has 186 valence electrons. The standard InChI is InChI=1S/C27H32N2O5S/c1-3-5-6-9-20-34-26-11-8-7-10-25(26)27(30)28-21-14-18-24(19-15-21)35(31,32)29-22-12-16-23(17-13-22)33-4-2/h7-8,10-19,29H,3-6,9,20H2,1-2H3,(H,28,30). The van der Waals surface area contributed by atoms with E-state index in [2.05, 4.69) is 17.0 Å². The van der Waals surface area contributed by atoms with Crippen LogP contribution in [0.5, 0.6) is 11.5 Å². The fraction of sp³-hybridized carbons (Fsp3) is 0.296. The van der Waals surface area contributed by atoms with Crippen LogP contribution in [0, 0.1) is 0 Å². The molecule has 1 amide bonds. The lowest BCUT2D eigenvalue weighted by Gasteiger charge is -2.12. The van der Waals surface area contributed by atoms with Gasteiger partial charge in [-0.3, -0.25) is 9.52 Å². The number of nitrogens with one attached hydrogen (secondary N) is 2. The van der Waals surface area contributed by atoms with Crippen molar-refractivity contribution in [2.45, 2.75) is 44.4 Å². The quantitative estimate of drug-likeness (QED) is 0.279. The molecule has 0 saturated heterocycles. The zero-order valence-corrected chi connectivity index (χ0v) is 20.9. The molecule has 0 aliphatic rings. The van der Waals surface area contributed by atoms with Crippen molar-refractivity contribution in [1.29, 1.82) is 0 Å². The van der Waals surface area contributed by atoms with Gasteiger partial charge in [0.25, 0.3) is 15.9 Å². The van der Waals surface area contributed by atoms with Gasteiger partial charge in [-0.1, -0.05) is 38.3 Å². The van der Waals surface area contributed by atoms with Crippen LogP contribution in [0.15, 0.2) is 77.7 Å². The minimum Gasteiger partial charge on any atom is -0.494 e. The SMILES string of the molecule is CCCCCCOc1ccccc1C(=O)Nc1ccc(S(=O)(=O)Nc2ccc(OCC)cc2)cc1. The molecule has 0 aromatic heterocycles. The number of unbranched alkanes of at least 4 members (excludes halogenated alkanes) is 3. The minimum atomic E-state index is -3.78. The van der Waals surface area contributed by atoms with E-state index in [9.17, 15) is 13.2 Å². The highest BCUT2D eigenvalue weighted by atomic mass is 32.2. The summed E-state index contributed by atoms with van der Waals surface area (Å²) in [5.41, 5.74) is 1.33. The van der Waals surface area contributed by atoms with Gasteiger partial charge < -0.3 is 14.8 Å². The van der Waals surface area contributed by atoms with E-state index in [1.165, 1.54) is 12.1 Å². The van der Waals surface area contributed by atoms with Crippen LogP contribution in [0.25, 0.3) is 0 Å². The highest BCUT2D eigenvalue weighted by Crippen LogP contribution is 2.23. The maximum absolute atomic E-state index is 12.8. The molecule has 0 spiro atoms. The van der Waals surface area contributed by atoms with Gasteiger partial charge in [-0.05, 0) is 74.0 Å². The second kappa shape index (κ2) is 12.8. The lowest BCUT2D eigenvalue weighted by Crippen LogP contribution is -2.15. The van der Waals surface area contributed by atoms with E-state index in [-0.39, 0.29) is 10.8 Å². The Morgan fingerprint density at radius 3 is 2.17 bits per heavy atom. The molecule has 0 fully saturated rings. The van der Waals surface area contributed by atoms with Gasteiger partial charge in [0.1, 0.15) is 11.5 Å². The molecule has 0 saturated carbocycles. The van der Waals surface area contributed by atoms with Gasteiger partial charge in [-0.25, -0.2) is 8.42 Å². The van der Waals surface area contributed by atoms with Gasteiger partial charge in [-0.15, -0.1) is 0 Å². The Kier molecular flexibility index (Phi) is 9.55. The molecule has 3 aromatic rings. The van der Waals surface area contributed by atoms with Gasteiger partial charge >= 0.3 is 0 Å². The number of amides is 1. The van der Waals surface area contributed by atoms with E-state index in [1.807, 2.05) is 13.0 Å². The van der Waals surface area contributed by atoms with Crippen LogP contribution >= 0.6 is 0 Å². The van der Waals surface area contributed by atoms with Gasteiger partial charge in [-0.2, -0.15) is 0 Å². The largest absolute Gasteiger partial charge is 0.494 e. The molecule has 0 unspecified atom stereocenters. The molecule has 8 heteroatoms. The summed E-state index contributed by atoms with van der Waals surface area (Å²) in [5.74, 6) is 0.872. The Labute approximate surface area is 207 Å². The first-order valence-electron chi connectivity index (χ1n) is 11.8. The summed E-state index contributed by atoms with van der Waals surface area (Å²) in [6.45, 7) is 5.12. The van der Waals surface area contributed by atoms with E-state index in [4.69, 9.17) is 9.47 Å². The van der Waals surface area contributed by atoms with Crippen LogP contribution < -0.4 is 19.5 Å². The molecule has 0 aliphatic carbocycles. The molecule has 2 N–H and O–H groups in total. The topological polar surface area (TPSA) is 93.7 Å². The second-order valence-electron chi connectivity index (χ2n) is 7.95. The Morgan fingerprint density at radius 2 is 1.49 bits per heavy atom. The van der Waals surface area contributed by atoms with Crippen LogP contribution in [0.3, 0.4) is 0 Å². The number of carbonyl (C=O) groups is 1. The van der Waals surface area contributed by atoms with Crippen molar-refractivity contribution in [3.63, 3.8) is 0 Å². The van der Waals surface area contributed by atoms with Crippen molar-refractivity contribution in [2.24, 2.45) is 0 Å². The molecular weight excluding hydrogens is 464 g/mol. The van der Waals surface area contributed by atoms with Crippen LogP contribution in [0.4, 0.5) is 11.4 Å². The number of hydrogen-bond acceptors (Lipinski definition) is 5. The fourth-order valence-electron chi connectivity index (χ4n) is 3.41. The van der Waals surface area contributed by atoms with E-state index < -0.39 is 10.0 Å². The van der Waals surface area contributed by atoms with Crippen molar-refractivity contribution in [2.75, 3.05) is 23.3 Å². The second-order valence-corrected chi connectivity index (χ2v) is 9.63. The Hall–Kier alpha value is -3.52. The molecule has 0 atom stereocenters. The predicted molar refractivity (Wildman–Crippen MR) is 139 cm³/mol. The van der Waals surface area contributed by atoms with Crippen molar-refractivity contribution < 1.29 is 22.7 Å². The van der Waals surface area contributed by atoms with Crippen molar-refractivity contribution in [3.8, 4) is 11.5 Å². The van der Waals surface area contributed by atoms with Gasteiger partial charge in [0.05, 0.1) is 23.7 Å². The number of sulfonamides is 1. The zero-order chi connectivity index (χ0) is 25.1. The number of anilines is 2. The van der Waals surface area contributed by atoms with Crippen LogP contribution in [-0.4, -0.2) is 27.5 Å². The third kappa shape index (κ3) is 7.75. The van der Waals surface area contributed by atoms with Crippen LogP contribution in [0.2, 0.25) is 0 Å². The summed E-state index contributed by atoms with van der Waals surface area (Å²) >= 11 is 0. The molecule has 3 rings (SSSR count). The molecule has 3 aromatic carbocycles. The van der Waals surface area contributed by atoms with Crippen LogP contribution in [-0.2, 0) is 10.0 Å². The van der Waals surface area contributed by atoms with Gasteiger partial charge in [0, 0.05) is 11.4 Å². The number of ether oxygens (including phenoxy) is 2. The number of para-hydroxylation sites is 1. The molecule has 0 bridgehead atoms. The normalized spacial score (nSPS) is 11.0. The third-order valence-corrected chi connectivity index (χ3v) is 6.62. The smallest absolute Gasteiger partial charge is 0.261 e. The number of carbonyl (C=O) groups excluding carboxylic acids is 1. The summed E-state index contributed by atoms with van der Waals surface area (Å²) in [7, 11) is -3.78. The monoisotopic (exact) mass is 496 g/mol. The highest BCUT2D eigenvalue weighted by Gasteiger charge is 2.16. The van der Waals surface area contributed by atoms with Crippen molar-refractivity contribution >= 4 is 27.3 Å². The van der Waals surface area contributed by atoms with E-state index in [0.29, 0.717) is 41.7 Å². The van der Waals surface area contributed by atoms with E-state index in [1.54, 1.807) is 54.6 Å². The number of hydrogen-bond donors (Lipinski definition) is 2. The number of benzene rings is 3. The van der Waals surface area contributed by atoms with Crippen LogP contribution in [0.1, 0.15) is 49.9 Å². The Morgan fingerprint density at radius 1 is 0.800 bits per heavy atom. The minimum absolute atomic E-state index is 0.0835. The Bertz CT molecular complexity index is 1190. The first-order valence-corrected chi connectivity index (χ1v) is 13.3. The highest BCUT2D eigenvalue weighted by molar-refractivity contribution is 7.92. The Balaban J connectivity index is 1.62. The molecule has 7 nitrogen and oxygen atoms in total. The van der Waals surface area contributed by atoms with Crippen molar-refractivity contribution in [1.82, 2.24) is 0 Å². The molecule has 0 aliphatic heterocycles. The number of rotatable bonds is 13. The molecular formula is C27H32N2O5S.